The van der Waals surface area contributed by atoms with Crippen molar-refractivity contribution < 1.29 is 10.0 Å². The Morgan fingerprint density at radius 2 is 2.28 bits per heavy atom. The molecule has 8 heteroatoms. The lowest BCUT2D eigenvalue weighted by molar-refractivity contribution is -0.384. The molecule has 0 amide bonds. The van der Waals surface area contributed by atoms with Crippen molar-refractivity contribution in [1.29, 1.82) is 0 Å². The first kappa shape index (κ1) is 12.5. The zero-order valence-electron chi connectivity index (χ0n) is 9.32. The summed E-state index contributed by atoms with van der Waals surface area (Å²) in [5.41, 5.74) is 0.387. The molecular formula is C10H9ClN4O3. The van der Waals surface area contributed by atoms with Gasteiger partial charge >= 0.3 is 0 Å². The normalized spacial score (nSPS) is 12.4. The van der Waals surface area contributed by atoms with Gasteiger partial charge in [0, 0.05) is 11.1 Å². The number of aromatic nitrogens is 3. The van der Waals surface area contributed by atoms with Crippen LogP contribution in [-0.2, 0) is 0 Å². The second-order valence-electron chi connectivity index (χ2n) is 3.65. The number of nitro groups is 1. The molecule has 1 atom stereocenters. The Kier molecular flexibility index (Phi) is 3.26. The van der Waals surface area contributed by atoms with Crippen LogP contribution in [0, 0.1) is 10.1 Å². The van der Waals surface area contributed by atoms with Gasteiger partial charge in [-0.15, -0.1) is 5.10 Å². The standard InChI is InChI=1S/C10H9ClN4O3/c1-6(16)8-5-14(13-12-8)10-4-7(11)2-3-9(10)15(17)18/h2-6,16H,1H3. The third-order valence-corrected chi connectivity index (χ3v) is 2.56. The molecule has 0 bridgehead atoms. The topological polar surface area (TPSA) is 94.1 Å². The Balaban J connectivity index is 2.54. The molecule has 1 heterocycles. The minimum Gasteiger partial charge on any atom is -0.387 e. The maximum absolute atomic E-state index is 10.9. The molecule has 0 spiro atoms. The maximum Gasteiger partial charge on any atom is 0.295 e. The van der Waals surface area contributed by atoms with Crippen molar-refractivity contribution in [1.82, 2.24) is 15.0 Å². The third-order valence-electron chi connectivity index (χ3n) is 2.32. The predicted octanol–water partition coefficient (Wildman–Crippen LogP) is 1.88. The monoisotopic (exact) mass is 268 g/mol. The van der Waals surface area contributed by atoms with Crippen LogP contribution in [0.25, 0.3) is 5.69 Å². The van der Waals surface area contributed by atoms with Crippen LogP contribution in [0.5, 0.6) is 0 Å². The number of hydrogen-bond donors (Lipinski definition) is 1. The summed E-state index contributed by atoms with van der Waals surface area (Å²) in [6.45, 7) is 1.53. The summed E-state index contributed by atoms with van der Waals surface area (Å²) >= 11 is 5.81. The first-order valence-electron chi connectivity index (χ1n) is 5.03. The molecule has 0 aliphatic heterocycles. The fourth-order valence-corrected chi connectivity index (χ4v) is 1.59. The van der Waals surface area contributed by atoms with Gasteiger partial charge in [0.25, 0.3) is 5.69 Å². The molecule has 18 heavy (non-hydrogen) atoms. The van der Waals surface area contributed by atoms with E-state index in [4.69, 9.17) is 11.6 Å². The second kappa shape index (κ2) is 4.71. The Morgan fingerprint density at radius 3 is 2.83 bits per heavy atom. The van der Waals surface area contributed by atoms with Gasteiger partial charge in [-0.3, -0.25) is 10.1 Å². The number of hydrogen-bond acceptors (Lipinski definition) is 5. The SMILES string of the molecule is CC(O)c1cn(-c2cc(Cl)ccc2[N+](=O)[O-])nn1. The molecule has 1 aromatic carbocycles. The lowest BCUT2D eigenvalue weighted by Crippen LogP contribution is -2.00. The van der Waals surface area contributed by atoms with Gasteiger partial charge in [0.15, 0.2) is 0 Å². The number of aliphatic hydroxyl groups is 1. The highest BCUT2D eigenvalue weighted by atomic mass is 35.5. The molecule has 0 aliphatic rings. The first-order valence-corrected chi connectivity index (χ1v) is 5.41. The Morgan fingerprint density at radius 1 is 1.56 bits per heavy atom. The molecule has 1 N–H and O–H groups in total. The van der Waals surface area contributed by atoms with Crippen molar-refractivity contribution in [2.75, 3.05) is 0 Å². The third kappa shape index (κ3) is 2.31. The summed E-state index contributed by atoms with van der Waals surface area (Å²) in [7, 11) is 0. The molecule has 0 saturated heterocycles. The number of halogens is 1. The van der Waals surface area contributed by atoms with E-state index >= 15 is 0 Å². The van der Waals surface area contributed by atoms with Crippen molar-refractivity contribution in [2.45, 2.75) is 13.0 Å². The highest BCUT2D eigenvalue weighted by molar-refractivity contribution is 6.30. The highest BCUT2D eigenvalue weighted by Crippen LogP contribution is 2.26. The number of nitrogens with zero attached hydrogens (tertiary/aromatic N) is 4. The molecule has 2 aromatic rings. The number of aliphatic hydroxyl groups excluding tert-OH is 1. The molecule has 0 fully saturated rings. The molecule has 1 aromatic heterocycles. The summed E-state index contributed by atoms with van der Waals surface area (Å²) in [4.78, 5) is 10.4. The van der Waals surface area contributed by atoms with Gasteiger partial charge in [-0.2, -0.15) is 0 Å². The lowest BCUT2D eigenvalue weighted by Gasteiger charge is -2.02. The Hall–Kier alpha value is -1.99. The average molecular weight is 269 g/mol. The summed E-state index contributed by atoms with van der Waals surface area (Å²) in [6.07, 6.45) is 0.626. The van der Waals surface area contributed by atoms with E-state index in [2.05, 4.69) is 10.3 Å². The zero-order valence-corrected chi connectivity index (χ0v) is 10.1. The van der Waals surface area contributed by atoms with Crippen LogP contribution in [0.1, 0.15) is 18.7 Å². The highest BCUT2D eigenvalue weighted by Gasteiger charge is 2.18. The van der Waals surface area contributed by atoms with Crippen molar-refractivity contribution in [3.63, 3.8) is 0 Å². The largest absolute Gasteiger partial charge is 0.387 e. The van der Waals surface area contributed by atoms with Crippen LogP contribution in [-0.4, -0.2) is 25.0 Å². The van der Waals surface area contributed by atoms with Crippen molar-refractivity contribution >= 4 is 17.3 Å². The summed E-state index contributed by atoms with van der Waals surface area (Å²) < 4.78 is 1.21. The van der Waals surface area contributed by atoms with Crippen LogP contribution in [0.4, 0.5) is 5.69 Å². The molecule has 1 unspecified atom stereocenters. The van der Waals surface area contributed by atoms with E-state index in [0.717, 1.165) is 0 Å². The van der Waals surface area contributed by atoms with Gasteiger partial charge in [-0.1, -0.05) is 16.8 Å². The van der Waals surface area contributed by atoms with Crippen LogP contribution in [0.3, 0.4) is 0 Å². The van der Waals surface area contributed by atoms with Crippen molar-refractivity contribution in [2.24, 2.45) is 0 Å². The van der Waals surface area contributed by atoms with Gasteiger partial charge in [-0.05, 0) is 19.1 Å². The van der Waals surface area contributed by atoms with Crippen LogP contribution in [0.15, 0.2) is 24.4 Å². The van der Waals surface area contributed by atoms with Crippen LogP contribution in [0.2, 0.25) is 5.02 Å². The first-order chi connectivity index (χ1) is 8.49. The minimum absolute atomic E-state index is 0.138. The van der Waals surface area contributed by atoms with E-state index < -0.39 is 11.0 Å². The molecule has 0 aliphatic carbocycles. The van der Waals surface area contributed by atoms with E-state index in [1.165, 1.54) is 36.0 Å². The molecule has 7 nitrogen and oxygen atoms in total. The Bertz CT molecular complexity index is 597. The van der Waals surface area contributed by atoms with Gasteiger partial charge in [0.05, 0.1) is 17.2 Å². The zero-order chi connectivity index (χ0) is 13.3. The Labute approximate surface area is 107 Å². The quantitative estimate of drug-likeness (QED) is 0.677. The van der Waals surface area contributed by atoms with Gasteiger partial charge in [0.2, 0.25) is 0 Å². The molecular weight excluding hydrogens is 260 g/mol. The van der Waals surface area contributed by atoms with E-state index in [1.54, 1.807) is 0 Å². The van der Waals surface area contributed by atoms with E-state index in [9.17, 15) is 15.2 Å². The number of benzene rings is 1. The minimum atomic E-state index is -0.794. The number of nitro benzene ring substituents is 1. The van der Waals surface area contributed by atoms with Crippen molar-refractivity contribution in [3.8, 4) is 5.69 Å². The summed E-state index contributed by atoms with van der Waals surface area (Å²) in [6, 6.07) is 4.14. The predicted molar refractivity (Wildman–Crippen MR) is 63.7 cm³/mol. The van der Waals surface area contributed by atoms with Gasteiger partial charge < -0.3 is 5.11 Å². The summed E-state index contributed by atoms with van der Waals surface area (Å²) in [5, 5.41) is 28.0. The number of rotatable bonds is 3. The molecule has 94 valence electrons. The fourth-order valence-electron chi connectivity index (χ4n) is 1.42. The van der Waals surface area contributed by atoms with Crippen LogP contribution >= 0.6 is 11.6 Å². The van der Waals surface area contributed by atoms with Gasteiger partial charge in [0.1, 0.15) is 11.4 Å². The average Bonchev–Trinajstić information content (AvgIpc) is 2.77. The lowest BCUT2D eigenvalue weighted by atomic mass is 10.2. The van der Waals surface area contributed by atoms with Crippen LogP contribution < -0.4 is 0 Å². The van der Waals surface area contributed by atoms with Crippen molar-refractivity contribution in [3.05, 3.63) is 45.2 Å². The maximum atomic E-state index is 10.9. The second-order valence-corrected chi connectivity index (χ2v) is 4.09. The van der Waals surface area contributed by atoms with E-state index in [0.29, 0.717) is 10.7 Å². The molecule has 2 rings (SSSR count). The van der Waals surface area contributed by atoms with E-state index in [1.807, 2.05) is 0 Å². The smallest absolute Gasteiger partial charge is 0.295 e. The van der Waals surface area contributed by atoms with E-state index in [-0.39, 0.29) is 11.4 Å². The fraction of sp³-hybridized carbons (Fsp3) is 0.200. The molecule has 0 saturated carbocycles. The molecule has 0 radical (unpaired) electrons. The summed E-state index contributed by atoms with van der Waals surface area (Å²) in [5.74, 6) is 0. The van der Waals surface area contributed by atoms with Gasteiger partial charge in [-0.25, -0.2) is 4.68 Å².